The summed E-state index contributed by atoms with van der Waals surface area (Å²) in [7, 11) is 1.64. The number of H-pyrrole nitrogens is 1. The monoisotopic (exact) mass is 451 g/mol. The van der Waals surface area contributed by atoms with Gasteiger partial charge in [-0.05, 0) is 29.8 Å². The molecule has 0 radical (unpaired) electrons. The van der Waals surface area contributed by atoms with Gasteiger partial charge in [0.2, 0.25) is 5.82 Å². The van der Waals surface area contributed by atoms with Crippen molar-refractivity contribution in [2.45, 2.75) is 24.3 Å². The van der Waals surface area contributed by atoms with Crippen LogP contribution in [0.5, 0.6) is 5.75 Å². The highest BCUT2D eigenvalue weighted by atomic mass is 32.2. The Morgan fingerprint density at radius 2 is 1.97 bits per heavy atom. The van der Waals surface area contributed by atoms with Gasteiger partial charge in [-0.2, -0.15) is 0 Å². The number of hydrogen-bond acceptors (Lipinski definition) is 7. The average Bonchev–Trinajstić information content (AvgIpc) is 3.21. The van der Waals surface area contributed by atoms with Crippen molar-refractivity contribution < 1.29 is 19.1 Å². The largest absolute Gasteiger partial charge is 0.489 e. The lowest BCUT2D eigenvalue weighted by Gasteiger charge is -2.19. The van der Waals surface area contributed by atoms with Crippen molar-refractivity contribution in [1.82, 2.24) is 20.5 Å². The van der Waals surface area contributed by atoms with Crippen LogP contribution in [0.15, 0.2) is 53.4 Å². The maximum atomic E-state index is 12.8. The zero-order valence-electron chi connectivity index (χ0n) is 17.5. The number of carbonyl (C=O) groups is 3. The number of benzene rings is 2. The minimum absolute atomic E-state index is 0.00777. The average molecular weight is 452 g/mol. The number of aromatic nitrogens is 3. The fourth-order valence-corrected chi connectivity index (χ4v) is 3.89. The molecule has 2 N–H and O–H groups in total. The van der Waals surface area contributed by atoms with Gasteiger partial charge in [0, 0.05) is 25.3 Å². The molecule has 1 atom stereocenters. The van der Waals surface area contributed by atoms with E-state index in [-0.39, 0.29) is 23.5 Å². The van der Waals surface area contributed by atoms with Crippen LogP contribution in [0.4, 0.5) is 5.69 Å². The third kappa shape index (κ3) is 4.80. The molecule has 0 spiro atoms. The Balaban J connectivity index is 1.40. The highest BCUT2D eigenvalue weighted by Gasteiger charge is 2.31. The predicted octanol–water partition coefficient (Wildman–Crippen LogP) is 2.19. The van der Waals surface area contributed by atoms with Gasteiger partial charge >= 0.3 is 0 Å². The molecular formula is C22H21N5O4S. The van der Waals surface area contributed by atoms with Gasteiger partial charge in [0.25, 0.3) is 11.8 Å². The molecule has 164 valence electrons. The number of thioether (sulfide) groups is 1. The normalized spacial score (nSPS) is 15.5. The Bertz CT molecular complexity index is 1160. The molecule has 0 fully saturated rings. The van der Waals surface area contributed by atoms with Crippen LogP contribution in [0, 0.1) is 0 Å². The molecule has 4 rings (SSSR count). The summed E-state index contributed by atoms with van der Waals surface area (Å²) >= 11 is 1.17. The molecule has 2 aromatic carbocycles. The van der Waals surface area contributed by atoms with E-state index in [0.29, 0.717) is 23.7 Å². The second-order valence-electron chi connectivity index (χ2n) is 7.22. The molecule has 1 aromatic heterocycles. The van der Waals surface area contributed by atoms with E-state index in [1.807, 2.05) is 36.4 Å². The first kappa shape index (κ1) is 21.6. The Morgan fingerprint density at radius 3 is 2.72 bits per heavy atom. The van der Waals surface area contributed by atoms with Gasteiger partial charge in [0.15, 0.2) is 5.12 Å². The number of amides is 2. The van der Waals surface area contributed by atoms with Crippen molar-refractivity contribution in [2.24, 2.45) is 0 Å². The van der Waals surface area contributed by atoms with Gasteiger partial charge in [-0.1, -0.05) is 36.0 Å². The van der Waals surface area contributed by atoms with Gasteiger partial charge in [0.05, 0.1) is 5.69 Å². The lowest BCUT2D eigenvalue weighted by atomic mass is 10.1. The molecule has 1 aliphatic heterocycles. The Kier molecular flexibility index (Phi) is 6.22. The third-order valence-electron chi connectivity index (χ3n) is 4.86. The van der Waals surface area contributed by atoms with Crippen molar-refractivity contribution in [3.05, 3.63) is 65.7 Å². The summed E-state index contributed by atoms with van der Waals surface area (Å²) in [6.45, 7) is 1.53. The predicted molar refractivity (Wildman–Crippen MR) is 119 cm³/mol. The summed E-state index contributed by atoms with van der Waals surface area (Å²) < 4.78 is 5.71. The molecule has 1 aliphatic rings. The maximum Gasteiger partial charge on any atom is 0.291 e. The summed E-state index contributed by atoms with van der Waals surface area (Å²) in [6, 6.07) is 13.8. The van der Waals surface area contributed by atoms with Crippen LogP contribution in [-0.2, 0) is 16.0 Å². The van der Waals surface area contributed by atoms with Crippen LogP contribution in [-0.4, -0.2) is 51.8 Å². The first-order valence-corrected chi connectivity index (χ1v) is 10.7. The molecule has 0 aliphatic carbocycles. The Morgan fingerprint density at radius 1 is 1.22 bits per heavy atom. The van der Waals surface area contributed by atoms with Crippen molar-refractivity contribution in [2.75, 3.05) is 18.6 Å². The van der Waals surface area contributed by atoms with E-state index in [2.05, 4.69) is 20.5 Å². The highest BCUT2D eigenvalue weighted by molar-refractivity contribution is 8.13. The topological polar surface area (TPSA) is 117 Å². The summed E-state index contributed by atoms with van der Waals surface area (Å²) in [4.78, 5) is 43.2. The van der Waals surface area contributed by atoms with Crippen molar-refractivity contribution in [1.29, 1.82) is 0 Å². The van der Waals surface area contributed by atoms with E-state index in [9.17, 15) is 14.4 Å². The molecule has 2 amide bonds. The number of fused-ring (bicyclic) bond motifs is 1. The van der Waals surface area contributed by atoms with Crippen LogP contribution in [0.1, 0.15) is 28.9 Å². The van der Waals surface area contributed by atoms with Gasteiger partial charge < -0.3 is 15.0 Å². The van der Waals surface area contributed by atoms with E-state index in [1.54, 1.807) is 19.2 Å². The van der Waals surface area contributed by atoms with Crippen LogP contribution in [0.2, 0.25) is 0 Å². The van der Waals surface area contributed by atoms with Crippen molar-refractivity contribution in [3.8, 4) is 5.75 Å². The van der Waals surface area contributed by atoms with E-state index in [4.69, 9.17) is 4.74 Å². The summed E-state index contributed by atoms with van der Waals surface area (Å²) in [5.74, 6) is 0.175. The Hall–Kier alpha value is -3.66. The highest BCUT2D eigenvalue weighted by Crippen LogP contribution is 2.29. The first-order chi connectivity index (χ1) is 15.4. The third-order valence-corrected chi connectivity index (χ3v) is 5.65. The van der Waals surface area contributed by atoms with Crippen LogP contribution >= 0.6 is 11.8 Å². The number of likely N-dealkylation sites (N-methyl/N-ethyl adjacent to an activating group) is 1. The second-order valence-corrected chi connectivity index (χ2v) is 8.47. The molecule has 10 heteroatoms. The second kappa shape index (κ2) is 9.23. The number of aromatic amines is 1. The number of nitrogens with one attached hydrogen (secondary N) is 2. The number of rotatable bonds is 5. The number of ether oxygens (including phenoxy) is 1. The fraction of sp³-hybridized carbons (Fsp3) is 0.227. The van der Waals surface area contributed by atoms with Crippen LogP contribution < -0.4 is 15.0 Å². The minimum Gasteiger partial charge on any atom is -0.489 e. The summed E-state index contributed by atoms with van der Waals surface area (Å²) in [6.07, 6.45) is 0.439. The number of anilines is 1. The van der Waals surface area contributed by atoms with Gasteiger partial charge in [0.1, 0.15) is 24.2 Å². The molecule has 0 bridgehead atoms. The zero-order valence-corrected chi connectivity index (χ0v) is 18.3. The lowest BCUT2D eigenvalue weighted by molar-refractivity contribution is -0.120. The molecule has 9 nitrogen and oxygen atoms in total. The Labute approximate surface area is 188 Å². The number of para-hydroxylation sites is 2. The molecule has 32 heavy (non-hydrogen) atoms. The zero-order chi connectivity index (χ0) is 22.7. The van der Waals surface area contributed by atoms with Crippen molar-refractivity contribution >= 4 is 34.4 Å². The quantitative estimate of drug-likeness (QED) is 0.571. The molecule has 3 aromatic rings. The molecule has 0 saturated heterocycles. The molecular weight excluding hydrogens is 430 g/mol. The van der Waals surface area contributed by atoms with E-state index in [1.165, 1.54) is 23.6 Å². The van der Waals surface area contributed by atoms with Gasteiger partial charge in [-0.25, -0.2) is 4.98 Å². The fourth-order valence-electron chi connectivity index (χ4n) is 3.29. The first-order valence-electron chi connectivity index (χ1n) is 9.89. The SMILES string of the molecule is CC(=O)Sc1ccc(Cc2nc(C(=O)N[C@H]3COc4ccccc4N(C)C3=O)n[nH]2)cc1. The van der Waals surface area contributed by atoms with Gasteiger partial charge in [-0.15, -0.1) is 5.10 Å². The molecule has 0 unspecified atom stereocenters. The number of carbonyl (C=O) groups excluding carboxylic acids is 3. The van der Waals surface area contributed by atoms with E-state index >= 15 is 0 Å². The van der Waals surface area contributed by atoms with Crippen LogP contribution in [0.25, 0.3) is 0 Å². The van der Waals surface area contributed by atoms with Crippen molar-refractivity contribution in [3.63, 3.8) is 0 Å². The standard InChI is InChI=1S/C22H21N5O4S/c1-13(28)32-15-9-7-14(8-10-15)11-19-24-20(26-25-19)21(29)23-16-12-31-18-6-4-3-5-17(18)27(2)22(16)30/h3-10,16H,11-12H2,1-2H3,(H,23,29)(H,24,25,26)/t16-/m0/s1. The number of hydrogen-bond donors (Lipinski definition) is 2. The van der Waals surface area contributed by atoms with E-state index in [0.717, 1.165) is 10.5 Å². The van der Waals surface area contributed by atoms with E-state index < -0.39 is 11.9 Å². The van der Waals surface area contributed by atoms with Crippen LogP contribution in [0.3, 0.4) is 0 Å². The molecule has 0 saturated carbocycles. The molecule has 2 heterocycles. The summed E-state index contributed by atoms with van der Waals surface area (Å²) in [5, 5.41) is 9.42. The maximum absolute atomic E-state index is 12.8. The smallest absolute Gasteiger partial charge is 0.291 e. The lowest BCUT2D eigenvalue weighted by Crippen LogP contribution is -2.49. The number of nitrogens with zero attached hydrogens (tertiary/aromatic N) is 3. The summed E-state index contributed by atoms with van der Waals surface area (Å²) in [5.41, 5.74) is 1.59. The minimum atomic E-state index is -0.867. The van der Waals surface area contributed by atoms with Gasteiger partial charge in [-0.3, -0.25) is 19.5 Å².